The number of aromatic nitrogens is 2. The fourth-order valence-corrected chi connectivity index (χ4v) is 4.87. The molecule has 4 rings (SSSR count). The number of pyridine rings is 1. The molecule has 2 aromatic heterocycles. The van der Waals surface area contributed by atoms with E-state index in [1.54, 1.807) is 17.0 Å². The highest BCUT2D eigenvalue weighted by molar-refractivity contribution is 7.90. The minimum atomic E-state index is -3.23. The highest BCUT2D eigenvalue weighted by Gasteiger charge is 2.27. The molecule has 0 aliphatic carbocycles. The van der Waals surface area contributed by atoms with Gasteiger partial charge in [0.1, 0.15) is 5.60 Å². The molecule has 0 bridgehead atoms. The summed E-state index contributed by atoms with van der Waals surface area (Å²) in [4.78, 5) is 19.1. The number of rotatable bonds is 4. The highest BCUT2D eigenvalue weighted by Crippen LogP contribution is 2.29. The summed E-state index contributed by atoms with van der Waals surface area (Å²) in [5.41, 5.74) is 2.63. The van der Waals surface area contributed by atoms with Crippen LogP contribution >= 0.6 is 0 Å². The summed E-state index contributed by atoms with van der Waals surface area (Å²) >= 11 is 0. The molecule has 0 unspecified atom stereocenters. The third-order valence-electron chi connectivity index (χ3n) is 5.97. The topological polar surface area (TPSA) is 81.5 Å². The zero-order chi connectivity index (χ0) is 23.8. The van der Waals surface area contributed by atoms with Gasteiger partial charge < -0.3 is 14.2 Å². The molecule has 7 nitrogen and oxygen atoms in total. The van der Waals surface area contributed by atoms with E-state index in [1.807, 2.05) is 51.4 Å². The molecular weight excluding hydrogens is 438 g/mol. The first-order chi connectivity index (χ1) is 15.5. The number of amides is 1. The van der Waals surface area contributed by atoms with Gasteiger partial charge in [-0.25, -0.2) is 13.2 Å². The Morgan fingerprint density at radius 2 is 1.85 bits per heavy atom. The third-order valence-corrected chi connectivity index (χ3v) is 7.08. The van der Waals surface area contributed by atoms with Gasteiger partial charge in [-0.2, -0.15) is 0 Å². The minimum Gasteiger partial charge on any atom is -0.444 e. The summed E-state index contributed by atoms with van der Waals surface area (Å²) in [6.07, 6.45) is 6.67. The molecule has 1 fully saturated rings. The van der Waals surface area contributed by atoms with Crippen molar-refractivity contribution in [3.05, 3.63) is 60.0 Å². The van der Waals surface area contributed by atoms with Crippen LogP contribution in [0.1, 0.15) is 50.8 Å². The third kappa shape index (κ3) is 5.55. The summed E-state index contributed by atoms with van der Waals surface area (Å²) in [6, 6.07) is 11.3. The predicted molar refractivity (Wildman–Crippen MR) is 128 cm³/mol. The van der Waals surface area contributed by atoms with Crippen molar-refractivity contribution in [1.82, 2.24) is 14.5 Å². The van der Waals surface area contributed by atoms with Gasteiger partial charge in [-0.3, -0.25) is 4.98 Å². The SMILES string of the molecule is CC(C)(C)OC(=O)N1CCC(c2ccc(Cn3ccc4cc(S(C)(=O)=O)ccc43)nc2)CC1. The van der Waals surface area contributed by atoms with Gasteiger partial charge in [0.05, 0.1) is 17.1 Å². The van der Waals surface area contributed by atoms with Crippen LogP contribution in [0.25, 0.3) is 10.9 Å². The molecular formula is C25H31N3O4S. The summed E-state index contributed by atoms with van der Waals surface area (Å²) in [5, 5.41) is 0.895. The molecule has 33 heavy (non-hydrogen) atoms. The van der Waals surface area contributed by atoms with Crippen molar-refractivity contribution in [1.29, 1.82) is 0 Å². The van der Waals surface area contributed by atoms with Crippen LogP contribution in [0.4, 0.5) is 4.79 Å². The van der Waals surface area contributed by atoms with Crippen molar-refractivity contribution in [3.63, 3.8) is 0 Å². The lowest BCUT2D eigenvalue weighted by Gasteiger charge is -2.33. The van der Waals surface area contributed by atoms with Crippen LogP contribution in [0.5, 0.6) is 0 Å². The number of carbonyl (C=O) groups excluding carboxylic acids is 1. The zero-order valence-corrected chi connectivity index (χ0v) is 20.4. The second-order valence-corrected chi connectivity index (χ2v) is 11.8. The number of fused-ring (bicyclic) bond motifs is 1. The van der Waals surface area contributed by atoms with Gasteiger partial charge in [0.15, 0.2) is 9.84 Å². The average Bonchev–Trinajstić information content (AvgIpc) is 3.15. The summed E-state index contributed by atoms with van der Waals surface area (Å²) in [7, 11) is -3.23. The highest BCUT2D eigenvalue weighted by atomic mass is 32.2. The first-order valence-electron chi connectivity index (χ1n) is 11.2. The van der Waals surface area contributed by atoms with E-state index >= 15 is 0 Å². The zero-order valence-electron chi connectivity index (χ0n) is 19.6. The number of ether oxygens (including phenoxy) is 1. The van der Waals surface area contributed by atoms with E-state index in [0.29, 0.717) is 30.4 Å². The van der Waals surface area contributed by atoms with Crippen molar-refractivity contribution in [2.45, 2.75) is 56.6 Å². The van der Waals surface area contributed by atoms with E-state index < -0.39 is 15.4 Å². The van der Waals surface area contributed by atoms with E-state index in [4.69, 9.17) is 4.74 Å². The molecule has 0 spiro atoms. The smallest absolute Gasteiger partial charge is 0.410 e. The van der Waals surface area contributed by atoms with Crippen LogP contribution in [0.2, 0.25) is 0 Å². The molecule has 1 aliphatic rings. The second-order valence-electron chi connectivity index (χ2n) is 9.76. The molecule has 1 amide bonds. The molecule has 0 saturated carbocycles. The number of hydrogen-bond donors (Lipinski definition) is 0. The summed E-state index contributed by atoms with van der Waals surface area (Å²) in [6.45, 7) is 7.63. The number of sulfone groups is 1. The maximum Gasteiger partial charge on any atom is 0.410 e. The number of benzene rings is 1. The van der Waals surface area contributed by atoms with E-state index in [1.165, 1.54) is 11.8 Å². The molecule has 1 saturated heterocycles. The Balaban J connectivity index is 1.39. The van der Waals surface area contributed by atoms with Crippen molar-refractivity contribution < 1.29 is 17.9 Å². The van der Waals surface area contributed by atoms with Gasteiger partial charge in [0.25, 0.3) is 0 Å². The van der Waals surface area contributed by atoms with Gasteiger partial charge in [0.2, 0.25) is 0 Å². The lowest BCUT2D eigenvalue weighted by molar-refractivity contribution is 0.0205. The lowest BCUT2D eigenvalue weighted by atomic mass is 9.90. The van der Waals surface area contributed by atoms with Crippen LogP contribution in [0, 0.1) is 0 Å². The Bertz CT molecular complexity index is 1250. The van der Waals surface area contributed by atoms with Crippen LogP contribution in [0.3, 0.4) is 0 Å². The molecule has 176 valence electrons. The fourth-order valence-electron chi connectivity index (χ4n) is 4.21. The van der Waals surface area contributed by atoms with Gasteiger partial charge >= 0.3 is 6.09 Å². The number of hydrogen-bond acceptors (Lipinski definition) is 5. The number of nitrogens with zero attached hydrogens (tertiary/aromatic N) is 3. The predicted octanol–water partition coefficient (Wildman–Crippen LogP) is 4.60. The second kappa shape index (κ2) is 8.82. The van der Waals surface area contributed by atoms with Crippen molar-refractivity contribution >= 4 is 26.8 Å². The van der Waals surface area contributed by atoms with Crippen molar-refractivity contribution in [2.75, 3.05) is 19.3 Å². The van der Waals surface area contributed by atoms with Crippen molar-refractivity contribution in [3.8, 4) is 0 Å². The van der Waals surface area contributed by atoms with Crippen molar-refractivity contribution in [2.24, 2.45) is 0 Å². The maximum atomic E-state index is 12.3. The van der Waals surface area contributed by atoms with E-state index in [-0.39, 0.29) is 6.09 Å². The molecule has 3 aromatic rings. The summed E-state index contributed by atoms with van der Waals surface area (Å²) < 4.78 is 31.2. The van der Waals surface area contributed by atoms with Crippen LogP contribution in [-0.4, -0.2) is 53.9 Å². The van der Waals surface area contributed by atoms with E-state index in [0.717, 1.165) is 29.4 Å². The Morgan fingerprint density at radius 1 is 1.12 bits per heavy atom. The molecule has 1 aliphatic heterocycles. The van der Waals surface area contributed by atoms with Crippen LogP contribution in [-0.2, 0) is 21.1 Å². The summed E-state index contributed by atoms with van der Waals surface area (Å²) in [5.74, 6) is 0.382. The Morgan fingerprint density at radius 3 is 2.45 bits per heavy atom. The van der Waals surface area contributed by atoms with Crippen LogP contribution < -0.4 is 0 Å². The number of carbonyl (C=O) groups is 1. The standard InChI is InChI=1S/C25H31N3O4S/c1-25(2,3)32-24(29)27-12-9-18(10-13-27)20-5-6-21(26-16-20)17-28-14-11-19-15-22(33(4,30)31)7-8-23(19)28/h5-8,11,14-16,18H,9-10,12-13,17H2,1-4H3. The Kier molecular flexibility index (Phi) is 6.22. The van der Waals surface area contributed by atoms with E-state index in [2.05, 4.69) is 15.6 Å². The number of piperidine rings is 1. The molecule has 0 atom stereocenters. The normalized spacial score (nSPS) is 15.7. The lowest BCUT2D eigenvalue weighted by Crippen LogP contribution is -2.41. The van der Waals surface area contributed by atoms with Gasteiger partial charge in [-0.05, 0) is 75.4 Å². The Labute approximate surface area is 195 Å². The molecule has 3 heterocycles. The first kappa shape index (κ1) is 23.3. The molecule has 8 heteroatoms. The Hall–Kier alpha value is -2.87. The average molecular weight is 470 g/mol. The number of likely N-dealkylation sites (tertiary alicyclic amines) is 1. The minimum absolute atomic E-state index is 0.239. The van der Waals surface area contributed by atoms with Crippen LogP contribution in [0.15, 0.2) is 53.7 Å². The van der Waals surface area contributed by atoms with E-state index in [9.17, 15) is 13.2 Å². The quantitative estimate of drug-likeness (QED) is 0.558. The largest absolute Gasteiger partial charge is 0.444 e. The van der Waals surface area contributed by atoms with Gasteiger partial charge in [0, 0.05) is 42.6 Å². The van der Waals surface area contributed by atoms with Gasteiger partial charge in [-0.15, -0.1) is 0 Å². The maximum absolute atomic E-state index is 12.3. The molecule has 1 aromatic carbocycles. The molecule has 0 N–H and O–H groups in total. The molecule has 0 radical (unpaired) electrons. The fraction of sp³-hybridized carbons (Fsp3) is 0.440. The monoisotopic (exact) mass is 469 g/mol. The van der Waals surface area contributed by atoms with Gasteiger partial charge in [-0.1, -0.05) is 6.07 Å². The first-order valence-corrected chi connectivity index (χ1v) is 13.1.